The predicted molar refractivity (Wildman–Crippen MR) is 105 cm³/mol. The maximum Gasteiger partial charge on any atom is 0.266 e. The molecule has 0 fully saturated rings. The van der Waals surface area contributed by atoms with E-state index >= 15 is 0 Å². The summed E-state index contributed by atoms with van der Waals surface area (Å²) in [6, 6.07) is 17.2. The second-order valence-corrected chi connectivity index (χ2v) is 6.79. The number of nitrogens with zero attached hydrogens (tertiary/aromatic N) is 2. The lowest BCUT2D eigenvalue weighted by molar-refractivity contribution is 1.07. The first kappa shape index (κ1) is 15.8. The number of halogens is 1. The molecule has 122 valence electrons. The van der Waals surface area contributed by atoms with Crippen LogP contribution in [0.15, 0.2) is 71.0 Å². The van der Waals surface area contributed by atoms with Crippen LogP contribution in [0.1, 0.15) is 11.3 Å². The Morgan fingerprint density at radius 3 is 2.52 bits per heavy atom. The van der Waals surface area contributed by atoms with E-state index in [1.165, 1.54) is 11.3 Å². The highest BCUT2D eigenvalue weighted by atomic mass is 35.5. The SMILES string of the molecule is O=c1c(-c2ccccc2)c(C=Cc2ccc(Cl)cc2)nc2sccn12. The molecule has 4 rings (SSSR count). The van der Waals surface area contributed by atoms with Crippen molar-refractivity contribution in [2.24, 2.45) is 0 Å². The van der Waals surface area contributed by atoms with Crippen LogP contribution < -0.4 is 5.56 Å². The average molecular weight is 365 g/mol. The predicted octanol–water partition coefficient (Wildman–Crippen LogP) is 5.25. The fourth-order valence-corrected chi connectivity index (χ4v) is 3.48. The molecule has 0 N–H and O–H groups in total. The van der Waals surface area contributed by atoms with Gasteiger partial charge in [0, 0.05) is 16.6 Å². The molecule has 2 aromatic heterocycles. The van der Waals surface area contributed by atoms with Crippen molar-refractivity contribution in [3.05, 3.63) is 92.8 Å². The van der Waals surface area contributed by atoms with Gasteiger partial charge in [0.15, 0.2) is 4.96 Å². The monoisotopic (exact) mass is 364 g/mol. The number of hydrogen-bond acceptors (Lipinski definition) is 3. The van der Waals surface area contributed by atoms with Crippen LogP contribution in [0.3, 0.4) is 0 Å². The molecule has 0 aliphatic carbocycles. The summed E-state index contributed by atoms with van der Waals surface area (Å²) in [4.78, 5) is 18.3. The van der Waals surface area contributed by atoms with Gasteiger partial charge < -0.3 is 0 Å². The minimum absolute atomic E-state index is 0.0618. The summed E-state index contributed by atoms with van der Waals surface area (Å²) >= 11 is 7.37. The van der Waals surface area contributed by atoms with Gasteiger partial charge in [-0.05, 0) is 29.3 Å². The molecule has 0 atom stereocenters. The van der Waals surface area contributed by atoms with E-state index in [0.29, 0.717) is 21.2 Å². The van der Waals surface area contributed by atoms with Crippen LogP contribution in [0.5, 0.6) is 0 Å². The maximum absolute atomic E-state index is 12.9. The lowest BCUT2D eigenvalue weighted by atomic mass is 10.0. The van der Waals surface area contributed by atoms with Gasteiger partial charge in [0.1, 0.15) is 0 Å². The minimum Gasteiger partial charge on any atom is -0.268 e. The second kappa shape index (κ2) is 6.67. The van der Waals surface area contributed by atoms with Crippen molar-refractivity contribution < 1.29 is 0 Å². The van der Waals surface area contributed by atoms with Gasteiger partial charge in [0.05, 0.1) is 11.3 Å². The summed E-state index contributed by atoms with van der Waals surface area (Å²) in [6.45, 7) is 0. The fourth-order valence-electron chi connectivity index (χ4n) is 2.64. The summed E-state index contributed by atoms with van der Waals surface area (Å²) in [5.74, 6) is 0. The van der Waals surface area contributed by atoms with Crippen LogP contribution in [-0.4, -0.2) is 9.38 Å². The Labute approximate surface area is 153 Å². The summed E-state index contributed by atoms with van der Waals surface area (Å²) in [6.07, 6.45) is 5.58. The van der Waals surface area contributed by atoms with E-state index < -0.39 is 0 Å². The van der Waals surface area contributed by atoms with E-state index in [1.807, 2.05) is 72.1 Å². The van der Waals surface area contributed by atoms with Crippen molar-refractivity contribution in [3.8, 4) is 11.1 Å². The number of hydrogen-bond donors (Lipinski definition) is 0. The van der Waals surface area contributed by atoms with E-state index in [2.05, 4.69) is 4.98 Å². The molecule has 0 aliphatic rings. The zero-order valence-electron chi connectivity index (χ0n) is 13.1. The third-order valence-electron chi connectivity index (χ3n) is 3.86. The Kier molecular flexibility index (Phi) is 4.22. The zero-order valence-corrected chi connectivity index (χ0v) is 14.7. The second-order valence-electron chi connectivity index (χ2n) is 5.48. The number of fused-ring (bicyclic) bond motifs is 1. The molecule has 0 radical (unpaired) electrons. The van der Waals surface area contributed by atoms with Crippen LogP contribution >= 0.6 is 22.9 Å². The largest absolute Gasteiger partial charge is 0.268 e. The molecule has 0 bridgehead atoms. The maximum atomic E-state index is 12.9. The molecular formula is C20H13ClN2OS. The lowest BCUT2D eigenvalue weighted by Crippen LogP contribution is -2.16. The highest BCUT2D eigenvalue weighted by Gasteiger charge is 2.13. The van der Waals surface area contributed by atoms with E-state index in [4.69, 9.17) is 11.6 Å². The van der Waals surface area contributed by atoms with Crippen molar-refractivity contribution >= 4 is 40.1 Å². The Hall–Kier alpha value is -2.69. The van der Waals surface area contributed by atoms with Crippen molar-refractivity contribution in [1.29, 1.82) is 0 Å². The van der Waals surface area contributed by atoms with E-state index in [-0.39, 0.29) is 5.56 Å². The molecule has 0 saturated carbocycles. The Bertz CT molecular complexity index is 1110. The third kappa shape index (κ3) is 3.14. The van der Waals surface area contributed by atoms with Gasteiger partial charge in [-0.1, -0.05) is 60.1 Å². The number of aromatic nitrogens is 2. The van der Waals surface area contributed by atoms with Gasteiger partial charge in [-0.2, -0.15) is 0 Å². The van der Waals surface area contributed by atoms with Crippen molar-refractivity contribution in [2.45, 2.75) is 0 Å². The summed E-state index contributed by atoms with van der Waals surface area (Å²) in [5.41, 5.74) is 3.05. The van der Waals surface area contributed by atoms with Gasteiger partial charge in [0.2, 0.25) is 0 Å². The first-order chi connectivity index (χ1) is 12.2. The topological polar surface area (TPSA) is 34.4 Å². The zero-order chi connectivity index (χ0) is 17.2. The van der Waals surface area contributed by atoms with E-state index in [1.54, 1.807) is 10.6 Å². The van der Waals surface area contributed by atoms with Crippen LogP contribution in [0.4, 0.5) is 0 Å². The van der Waals surface area contributed by atoms with Crippen LogP contribution in [0.2, 0.25) is 5.02 Å². The molecule has 25 heavy (non-hydrogen) atoms. The molecule has 0 aliphatic heterocycles. The van der Waals surface area contributed by atoms with Gasteiger partial charge in [-0.25, -0.2) is 4.98 Å². The Balaban J connectivity index is 1.90. The van der Waals surface area contributed by atoms with Crippen molar-refractivity contribution in [1.82, 2.24) is 9.38 Å². The van der Waals surface area contributed by atoms with Crippen LogP contribution in [-0.2, 0) is 0 Å². The highest BCUT2D eigenvalue weighted by Crippen LogP contribution is 2.22. The number of rotatable bonds is 3. The Morgan fingerprint density at radius 2 is 1.76 bits per heavy atom. The molecule has 0 amide bonds. The van der Waals surface area contributed by atoms with Gasteiger partial charge in [-0.3, -0.25) is 9.20 Å². The normalized spacial score (nSPS) is 11.4. The molecule has 2 heterocycles. The number of benzene rings is 2. The fraction of sp³-hybridized carbons (Fsp3) is 0. The molecule has 0 unspecified atom stereocenters. The molecule has 0 saturated heterocycles. The molecule has 4 aromatic rings. The Morgan fingerprint density at radius 1 is 1.00 bits per heavy atom. The lowest BCUT2D eigenvalue weighted by Gasteiger charge is -2.06. The van der Waals surface area contributed by atoms with Crippen LogP contribution in [0, 0.1) is 0 Å². The van der Waals surface area contributed by atoms with Gasteiger partial charge in [0.25, 0.3) is 5.56 Å². The third-order valence-corrected chi connectivity index (χ3v) is 4.87. The summed E-state index contributed by atoms with van der Waals surface area (Å²) < 4.78 is 1.59. The van der Waals surface area contributed by atoms with Crippen molar-refractivity contribution in [2.75, 3.05) is 0 Å². The van der Waals surface area contributed by atoms with Gasteiger partial charge in [-0.15, -0.1) is 11.3 Å². The van der Waals surface area contributed by atoms with E-state index in [9.17, 15) is 4.79 Å². The molecule has 2 aromatic carbocycles. The standard InChI is InChI=1S/C20H13ClN2OS/c21-16-9-6-14(7-10-16)8-11-17-18(15-4-2-1-3-5-15)19(24)23-12-13-25-20(23)22-17/h1-13H. The number of thiazole rings is 1. The van der Waals surface area contributed by atoms with E-state index in [0.717, 1.165) is 11.1 Å². The molecule has 5 heteroatoms. The average Bonchev–Trinajstić information content (AvgIpc) is 3.11. The summed E-state index contributed by atoms with van der Waals surface area (Å²) in [7, 11) is 0. The quantitative estimate of drug-likeness (QED) is 0.497. The highest BCUT2D eigenvalue weighted by molar-refractivity contribution is 7.15. The summed E-state index contributed by atoms with van der Waals surface area (Å²) in [5, 5.41) is 2.56. The van der Waals surface area contributed by atoms with Crippen molar-refractivity contribution in [3.63, 3.8) is 0 Å². The molecule has 3 nitrogen and oxygen atoms in total. The minimum atomic E-state index is -0.0618. The molecule has 0 spiro atoms. The van der Waals surface area contributed by atoms with Gasteiger partial charge >= 0.3 is 0 Å². The first-order valence-corrected chi connectivity index (χ1v) is 8.97. The first-order valence-electron chi connectivity index (χ1n) is 7.71. The smallest absolute Gasteiger partial charge is 0.266 e. The van der Waals surface area contributed by atoms with Crippen LogP contribution in [0.25, 0.3) is 28.2 Å². The molecular weight excluding hydrogens is 352 g/mol.